The van der Waals surface area contributed by atoms with Gasteiger partial charge in [0.05, 0.1) is 5.92 Å². The van der Waals surface area contributed by atoms with Crippen LogP contribution in [0.2, 0.25) is 0 Å². The molecule has 2 aromatic carbocycles. The predicted molar refractivity (Wildman–Crippen MR) is 118 cm³/mol. The lowest BCUT2D eigenvalue weighted by atomic mass is 9.97. The Balaban J connectivity index is 1.28. The number of hydrogen-bond acceptors (Lipinski definition) is 6. The number of hydrogen-bond donors (Lipinski definition) is 1. The fourth-order valence-electron chi connectivity index (χ4n) is 4.06. The number of fused-ring (bicyclic) bond motifs is 1. The standard InChI is InChI=1S/C24H23FN4O3/c25-18-5-1-3-16(13-18)23-26-9-8-22(28-23)29-10-2-4-17(15-29)24(30)27-19-6-7-20-21(14-19)32-12-11-31-20/h1,3,5-9,13-14,17H,2,4,10-12,15H2,(H,27,30)/t17-/m0/s1. The molecule has 0 spiro atoms. The van der Waals surface area contributed by atoms with Crippen LogP contribution in [-0.2, 0) is 4.79 Å². The number of rotatable bonds is 4. The molecule has 0 unspecified atom stereocenters. The molecule has 0 bridgehead atoms. The zero-order valence-electron chi connectivity index (χ0n) is 17.5. The molecule has 2 aliphatic rings. The fraction of sp³-hybridized carbons (Fsp3) is 0.292. The SMILES string of the molecule is O=C(Nc1ccc2c(c1)OCCO2)[C@H]1CCCN(c2ccnc(-c3cccc(F)c3)n2)C1. The second-order valence-electron chi connectivity index (χ2n) is 7.88. The van der Waals surface area contributed by atoms with Crippen LogP contribution < -0.4 is 19.7 Å². The van der Waals surface area contributed by atoms with Gasteiger partial charge in [0, 0.05) is 36.6 Å². The number of carbonyl (C=O) groups is 1. The van der Waals surface area contributed by atoms with Crippen molar-refractivity contribution in [2.75, 3.05) is 36.5 Å². The van der Waals surface area contributed by atoms with Crippen LogP contribution >= 0.6 is 0 Å². The van der Waals surface area contributed by atoms with Gasteiger partial charge in [-0.05, 0) is 43.2 Å². The molecule has 3 aromatic rings. The predicted octanol–water partition coefficient (Wildman–Crippen LogP) is 3.91. The van der Waals surface area contributed by atoms with Gasteiger partial charge < -0.3 is 19.7 Å². The summed E-state index contributed by atoms with van der Waals surface area (Å²) < 4.78 is 24.7. The largest absolute Gasteiger partial charge is 0.486 e. The lowest BCUT2D eigenvalue weighted by molar-refractivity contribution is -0.120. The second-order valence-corrected chi connectivity index (χ2v) is 7.88. The Morgan fingerprint density at radius 3 is 2.84 bits per heavy atom. The second kappa shape index (κ2) is 8.82. The molecule has 164 valence electrons. The first-order chi connectivity index (χ1) is 15.7. The van der Waals surface area contributed by atoms with E-state index in [0.29, 0.717) is 48.3 Å². The third kappa shape index (κ3) is 4.34. The maximum Gasteiger partial charge on any atom is 0.229 e. The number of carbonyl (C=O) groups excluding carboxylic acids is 1. The van der Waals surface area contributed by atoms with Gasteiger partial charge in [-0.2, -0.15) is 0 Å². The fourth-order valence-corrected chi connectivity index (χ4v) is 4.06. The van der Waals surface area contributed by atoms with Crippen LogP contribution in [0.15, 0.2) is 54.7 Å². The topological polar surface area (TPSA) is 76.6 Å². The number of ether oxygens (including phenoxy) is 2. The number of anilines is 2. The van der Waals surface area contributed by atoms with Crippen molar-refractivity contribution in [3.63, 3.8) is 0 Å². The number of aromatic nitrogens is 2. The highest BCUT2D eigenvalue weighted by atomic mass is 19.1. The minimum absolute atomic E-state index is 0.0363. The van der Waals surface area contributed by atoms with Gasteiger partial charge in [0.25, 0.3) is 0 Å². The number of nitrogens with zero attached hydrogens (tertiary/aromatic N) is 3. The van der Waals surface area contributed by atoms with Crippen molar-refractivity contribution in [3.05, 3.63) is 60.5 Å². The molecule has 1 amide bonds. The lowest BCUT2D eigenvalue weighted by Gasteiger charge is -2.33. The van der Waals surface area contributed by atoms with Gasteiger partial charge in [-0.3, -0.25) is 4.79 Å². The van der Waals surface area contributed by atoms with E-state index in [4.69, 9.17) is 9.47 Å². The molecule has 7 nitrogen and oxygen atoms in total. The maximum atomic E-state index is 13.6. The average Bonchev–Trinajstić information content (AvgIpc) is 2.84. The molecule has 8 heteroatoms. The van der Waals surface area contributed by atoms with Crippen LogP contribution in [0.25, 0.3) is 11.4 Å². The van der Waals surface area contributed by atoms with Gasteiger partial charge in [0.1, 0.15) is 24.8 Å². The molecule has 32 heavy (non-hydrogen) atoms. The van der Waals surface area contributed by atoms with Crippen LogP contribution in [0.4, 0.5) is 15.9 Å². The summed E-state index contributed by atoms with van der Waals surface area (Å²) in [6.07, 6.45) is 3.34. The number of piperidine rings is 1. The van der Waals surface area contributed by atoms with Crippen LogP contribution in [0, 0.1) is 11.7 Å². The zero-order chi connectivity index (χ0) is 21.9. The van der Waals surface area contributed by atoms with Crippen LogP contribution in [0.5, 0.6) is 11.5 Å². The van der Waals surface area contributed by atoms with E-state index in [1.165, 1.54) is 12.1 Å². The summed E-state index contributed by atoms with van der Waals surface area (Å²) in [7, 11) is 0. The highest BCUT2D eigenvalue weighted by molar-refractivity contribution is 5.93. The third-order valence-corrected chi connectivity index (χ3v) is 5.65. The molecule has 0 radical (unpaired) electrons. The zero-order valence-corrected chi connectivity index (χ0v) is 17.5. The Morgan fingerprint density at radius 1 is 1.09 bits per heavy atom. The van der Waals surface area contributed by atoms with Crippen molar-refractivity contribution in [1.82, 2.24) is 9.97 Å². The van der Waals surface area contributed by atoms with E-state index in [-0.39, 0.29) is 17.6 Å². The van der Waals surface area contributed by atoms with Crippen molar-refractivity contribution < 1.29 is 18.7 Å². The maximum absolute atomic E-state index is 13.6. The van der Waals surface area contributed by atoms with E-state index in [9.17, 15) is 9.18 Å². The van der Waals surface area contributed by atoms with Crippen molar-refractivity contribution in [1.29, 1.82) is 0 Å². The monoisotopic (exact) mass is 434 g/mol. The van der Waals surface area contributed by atoms with Crippen molar-refractivity contribution >= 4 is 17.4 Å². The van der Waals surface area contributed by atoms with Gasteiger partial charge >= 0.3 is 0 Å². The Labute approximate surface area is 185 Å². The van der Waals surface area contributed by atoms with Crippen molar-refractivity contribution in [2.45, 2.75) is 12.8 Å². The molecule has 5 rings (SSSR count). The minimum Gasteiger partial charge on any atom is -0.486 e. The molecule has 1 saturated heterocycles. The molecule has 1 atom stereocenters. The normalized spacial score (nSPS) is 17.7. The Bertz CT molecular complexity index is 1140. The molecule has 0 aliphatic carbocycles. The van der Waals surface area contributed by atoms with Gasteiger partial charge in [0.2, 0.25) is 5.91 Å². The van der Waals surface area contributed by atoms with Gasteiger partial charge in [-0.15, -0.1) is 0 Å². The molecular weight excluding hydrogens is 411 g/mol. The molecule has 2 aliphatic heterocycles. The summed E-state index contributed by atoms with van der Waals surface area (Å²) in [5, 5.41) is 3.00. The summed E-state index contributed by atoms with van der Waals surface area (Å²) in [6.45, 7) is 2.38. The molecular formula is C24H23FN4O3. The quantitative estimate of drug-likeness (QED) is 0.671. The molecule has 3 heterocycles. The first kappa shape index (κ1) is 20.2. The Kier molecular flexibility index (Phi) is 5.58. The Morgan fingerprint density at radius 2 is 1.97 bits per heavy atom. The molecule has 1 N–H and O–H groups in total. The van der Waals surface area contributed by atoms with E-state index in [1.54, 1.807) is 24.4 Å². The third-order valence-electron chi connectivity index (χ3n) is 5.65. The van der Waals surface area contributed by atoms with E-state index >= 15 is 0 Å². The Hall–Kier alpha value is -3.68. The van der Waals surface area contributed by atoms with Crippen LogP contribution in [0.3, 0.4) is 0 Å². The van der Waals surface area contributed by atoms with Crippen molar-refractivity contribution in [3.8, 4) is 22.9 Å². The van der Waals surface area contributed by atoms with Crippen LogP contribution in [-0.4, -0.2) is 42.2 Å². The number of nitrogens with one attached hydrogen (secondary N) is 1. The highest BCUT2D eigenvalue weighted by Gasteiger charge is 2.27. The molecule has 1 fully saturated rings. The average molecular weight is 434 g/mol. The smallest absolute Gasteiger partial charge is 0.229 e. The lowest BCUT2D eigenvalue weighted by Crippen LogP contribution is -2.41. The summed E-state index contributed by atoms with van der Waals surface area (Å²) in [4.78, 5) is 23.9. The summed E-state index contributed by atoms with van der Waals surface area (Å²) in [5.41, 5.74) is 1.31. The number of halogens is 1. The number of amides is 1. The van der Waals surface area contributed by atoms with E-state index in [2.05, 4.69) is 20.2 Å². The van der Waals surface area contributed by atoms with Gasteiger partial charge in [-0.1, -0.05) is 12.1 Å². The van der Waals surface area contributed by atoms with Gasteiger partial charge in [0.15, 0.2) is 17.3 Å². The molecule has 1 aromatic heterocycles. The minimum atomic E-state index is -0.328. The highest BCUT2D eigenvalue weighted by Crippen LogP contribution is 2.33. The van der Waals surface area contributed by atoms with Gasteiger partial charge in [-0.25, -0.2) is 14.4 Å². The van der Waals surface area contributed by atoms with E-state index < -0.39 is 0 Å². The molecule has 0 saturated carbocycles. The number of benzene rings is 2. The van der Waals surface area contributed by atoms with E-state index in [1.807, 2.05) is 18.2 Å². The van der Waals surface area contributed by atoms with Crippen molar-refractivity contribution in [2.24, 2.45) is 5.92 Å². The first-order valence-corrected chi connectivity index (χ1v) is 10.7. The summed E-state index contributed by atoms with van der Waals surface area (Å²) >= 11 is 0. The summed E-state index contributed by atoms with van der Waals surface area (Å²) in [5.74, 6) is 1.99. The van der Waals surface area contributed by atoms with E-state index in [0.717, 1.165) is 25.2 Å². The first-order valence-electron chi connectivity index (χ1n) is 10.7. The summed E-state index contributed by atoms with van der Waals surface area (Å²) in [6, 6.07) is 13.5. The van der Waals surface area contributed by atoms with Crippen LogP contribution in [0.1, 0.15) is 12.8 Å².